The number of fused-ring (bicyclic) bond motifs is 1. The maximum absolute atomic E-state index is 13.3. The molecule has 34 heavy (non-hydrogen) atoms. The number of hydrogen-bond donors (Lipinski definition) is 5. The predicted molar refractivity (Wildman–Crippen MR) is 129 cm³/mol. The molecule has 2 amide bonds. The van der Waals surface area contributed by atoms with Crippen LogP contribution >= 0.6 is 11.3 Å². The number of aromatic nitrogens is 2. The van der Waals surface area contributed by atoms with Gasteiger partial charge in [-0.1, -0.05) is 12.1 Å². The zero-order chi connectivity index (χ0) is 24.5. The third kappa shape index (κ3) is 5.15. The SMILES string of the molecule is CC(C)(O)[C@@H](NC(=O)Nc1cc(N)c(C(=N)N2CCc3ncsc3C2)cn1)c1ccc(F)cc1. The molecule has 1 aliphatic rings. The molecule has 3 aromatic rings. The molecule has 4 rings (SSSR count). The van der Waals surface area contributed by atoms with Crippen molar-refractivity contribution in [2.75, 3.05) is 17.6 Å². The Balaban J connectivity index is 1.44. The number of pyridine rings is 1. The summed E-state index contributed by atoms with van der Waals surface area (Å²) in [6, 6.07) is 5.62. The minimum absolute atomic E-state index is 0.198. The molecule has 0 spiro atoms. The van der Waals surface area contributed by atoms with E-state index in [1.54, 1.807) is 25.2 Å². The molecule has 0 radical (unpaired) electrons. The van der Waals surface area contributed by atoms with Gasteiger partial charge in [0, 0.05) is 35.8 Å². The monoisotopic (exact) mass is 483 g/mol. The van der Waals surface area contributed by atoms with Crippen molar-refractivity contribution in [1.29, 1.82) is 5.41 Å². The first-order valence-corrected chi connectivity index (χ1v) is 11.6. The van der Waals surface area contributed by atoms with Crippen molar-refractivity contribution in [3.8, 4) is 0 Å². The molecule has 1 atom stereocenters. The number of carbonyl (C=O) groups is 1. The van der Waals surface area contributed by atoms with Crippen LogP contribution in [0.1, 0.15) is 41.6 Å². The summed E-state index contributed by atoms with van der Waals surface area (Å²) in [4.78, 5) is 24.3. The third-order valence-corrected chi connectivity index (χ3v) is 6.47. The number of nitrogens with one attached hydrogen (secondary N) is 3. The second kappa shape index (κ2) is 9.35. The van der Waals surface area contributed by atoms with Crippen molar-refractivity contribution in [3.63, 3.8) is 0 Å². The number of amidine groups is 1. The summed E-state index contributed by atoms with van der Waals surface area (Å²) in [6.07, 6.45) is 2.23. The number of nitrogens with two attached hydrogens (primary N) is 1. The average molecular weight is 484 g/mol. The van der Waals surface area contributed by atoms with Crippen LogP contribution in [0.4, 0.5) is 20.7 Å². The molecule has 9 nitrogen and oxygen atoms in total. The summed E-state index contributed by atoms with van der Waals surface area (Å²) in [5, 5.41) is 24.4. The van der Waals surface area contributed by atoms with E-state index in [1.165, 1.54) is 36.5 Å². The molecule has 0 bridgehead atoms. The van der Waals surface area contributed by atoms with Gasteiger partial charge in [-0.3, -0.25) is 10.7 Å². The lowest BCUT2D eigenvalue weighted by Gasteiger charge is -2.30. The van der Waals surface area contributed by atoms with Gasteiger partial charge in [0.1, 0.15) is 17.5 Å². The highest BCUT2D eigenvalue weighted by molar-refractivity contribution is 7.09. The van der Waals surface area contributed by atoms with Gasteiger partial charge in [-0.2, -0.15) is 0 Å². The number of amides is 2. The molecular formula is C23H26FN7O2S. The first kappa shape index (κ1) is 23.6. The third-order valence-electron chi connectivity index (χ3n) is 5.61. The number of hydrogen-bond acceptors (Lipinski definition) is 7. The lowest BCUT2D eigenvalue weighted by molar-refractivity contribution is 0.0415. The van der Waals surface area contributed by atoms with Gasteiger partial charge in [-0.05, 0) is 31.5 Å². The zero-order valence-electron chi connectivity index (χ0n) is 18.8. The highest BCUT2D eigenvalue weighted by Crippen LogP contribution is 2.27. The van der Waals surface area contributed by atoms with Crippen LogP contribution in [0, 0.1) is 11.2 Å². The van der Waals surface area contributed by atoms with Gasteiger partial charge in [0.15, 0.2) is 0 Å². The van der Waals surface area contributed by atoms with Crippen LogP contribution in [0.2, 0.25) is 0 Å². The van der Waals surface area contributed by atoms with E-state index < -0.39 is 23.5 Å². The molecule has 178 valence electrons. The Morgan fingerprint density at radius 1 is 1.32 bits per heavy atom. The second-order valence-electron chi connectivity index (χ2n) is 8.64. The fourth-order valence-electron chi connectivity index (χ4n) is 3.82. The lowest BCUT2D eigenvalue weighted by Crippen LogP contribution is -2.44. The Bertz CT molecular complexity index is 1210. The first-order valence-electron chi connectivity index (χ1n) is 10.7. The number of halogens is 1. The number of urea groups is 1. The smallest absolute Gasteiger partial charge is 0.320 e. The van der Waals surface area contributed by atoms with Gasteiger partial charge >= 0.3 is 6.03 Å². The van der Waals surface area contributed by atoms with Crippen molar-refractivity contribution >= 4 is 34.7 Å². The Morgan fingerprint density at radius 2 is 2.06 bits per heavy atom. The van der Waals surface area contributed by atoms with Crippen LogP contribution in [0.3, 0.4) is 0 Å². The van der Waals surface area contributed by atoms with Crippen LogP contribution in [0.25, 0.3) is 0 Å². The van der Waals surface area contributed by atoms with Gasteiger partial charge in [-0.15, -0.1) is 11.3 Å². The molecule has 0 fully saturated rings. The van der Waals surface area contributed by atoms with E-state index in [0.29, 0.717) is 29.9 Å². The molecule has 2 aromatic heterocycles. The fourth-order valence-corrected chi connectivity index (χ4v) is 4.65. The van der Waals surface area contributed by atoms with E-state index in [1.807, 2.05) is 10.4 Å². The number of benzene rings is 1. The first-order chi connectivity index (χ1) is 16.1. The van der Waals surface area contributed by atoms with Gasteiger partial charge in [0.05, 0.1) is 35.0 Å². The predicted octanol–water partition coefficient (Wildman–Crippen LogP) is 3.28. The van der Waals surface area contributed by atoms with Crippen LogP contribution in [-0.2, 0) is 13.0 Å². The van der Waals surface area contributed by atoms with E-state index in [2.05, 4.69) is 20.6 Å². The van der Waals surface area contributed by atoms with Crippen molar-refractivity contribution in [1.82, 2.24) is 20.2 Å². The van der Waals surface area contributed by atoms with Gasteiger partial charge < -0.3 is 21.1 Å². The van der Waals surface area contributed by atoms with E-state index in [9.17, 15) is 14.3 Å². The largest absolute Gasteiger partial charge is 0.398 e. The molecule has 0 saturated carbocycles. The zero-order valence-corrected chi connectivity index (χ0v) is 19.6. The molecule has 1 aromatic carbocycles. The minimum Gasteiger partial charge on any atom is -0.398 e. The number of anilines is 2. The summed E-state index contributed by atoms with van der Waals surface area (Å²) < 4.78 is 13.3. The quantitative estimate of drug-likeness (QED) is 0.279. The van der Waals surface area contributed by atoms with Crippen LogP contribution < -0.4 is 16.4 Å². The summed E-state index contributed by atoms with van der Waals surface area (Å²) >= 11 is 1.57. The standard InChI is InChI=1S/C23H26FN7O2S/c1-23(2,33)20(13-3-5-14(24)6-4-13)30-22(32)29-19-9-16(25)15(10-27-19)21(26)31-8-7-17-18(11-31)34-12-28-17/h3-6,9-10,12,20,26,33H,7-8,11H2,1-2H3,(H4,25,27,29,30,32)/t20-/m0/s1. The maximum atomic E-state index is 13.3. The van der Waals surface area contributed by atoms with E-state index in [0.717, 1.165) is 17.0 Å². The summed E-state index contributed by atoms with van der Waals surface area (Å²) in [5.41, 5.74) is 9.10. The van der Waals surface area contributed by atoms with Crippen LogP contribution in [0.5, 0.6) is 0 Å². The summed E-state index contributed by atoms with van der Waals surface area (Å²) in [5.74, 6) is 0.0482. The van der Waals surface area contributed by atoms with E-state index in [-0.39, 0.29) is 11.7 Å². The molecule has 3 heterocycles. The molecule has 0 unspecified atom stereocenters. The van der Waals surface area contributed by atoms with Crippen molar-refractivity contribution in [2.24, 2.45) is 0 Å². The van der Waals surface area contributed by atoms with Crippen LogP contribution in [-0.4, -0.2) is 44.0 Å². The lowest BCUT2D eigenvalue weighted by atomic mass is 9.92. The number of nitrogens with zero attached hydrogens (tertiary/aromatic N) is 3. The number of rotatable bonds is 5. The Labute approximate surface area is 200 Å². The molecule has 0 aliphatic carbocycles. The normalized spacial score (nSPS) is 14.3. The molecule has 1 aliphatic heterocycles. The molecule has 11 heteroatoms. The topological polar surface area (TPSA) is 140 Å². The Hall–Kier alpha value is -3.57. The maximum Gasteiger partial charge on any atom is 0.320 e. The van der Waals surface area contributed by atoms with Crippen molar-refractivity contribution in [3.05, 3.63) is 69.6 Å². The Morgan fingerprint density at radius 3 is 2.74 bits per heavy atom. The fraction of sp³-hybridized carbons (Fsp3) is 0.304. The van der Waals surface area contributed by atoms with Crippen molar-refractivity contribution in [2.45, 2.75) is 38.5 Å². The van der Waals surface area contributed by atoms with Crippen LogP contribution in [0.15, 0.2) is 42.0 Å². The highest BCUT2D eigenvalue weighted by atomic mass is 32.1. The number of thiazole rings is 1. The Kier molecular flexibility index (Phi) is 6.49. The second-order valence-corrected chi connectivity index (χ2v) is 9.58. The van der Waals surface area contributed by atoms with Gasteiger partial charge in [0.25, 0.3) is 0 Å². The molecular weight excluding hydrogens is 457 g/mol. The van der Waals surface area contributed by atoms with Crippen molar-refractivity contribution < 1.29 is 14.3 Å². The number of aliphatic hydroxyl groups is 1. The van der Waals surface area contributed by atoms with E-state index in [4.69, 9.17) is 11.1 Å². The van der Waals surface area contributed by atoms with Gasteiger partial charge in [-0.25, -0.2) is 19.2 Å². The molecule has 0 saturated heterocycles. The number of carbonyl (C=O) groups excluding carboxylic acids is 1. The van der Waals surface area contributed by atoms with Gasteiger partial charge in [0.2, 0.25) is 0 Å². The summed E-state index contributed by atoms with van der Waals surface area (Å²) in [7, 11) is 0. The minimum atomic E-state index is -1.31. The van der Waals surface area contributed by atoms with E-state index >= 15 is 0 Å². The number of nitrogen functional groups attached to an aromatic ring is 1. The highest BCUT2D eigenvalue weighted by Gasteiger charge is 2.30. The average Bonchev–Trinajstić information content (AvgIpc) is 3.25. The summed E-state index contributed by atoms with van der Waals surface area (Å²) in [6.45, 7) is 4.36. The molecule has 6 N–H and O–H groups in total.